The van der Waals surface area contributed by atoms with Gasteiger partial charge in [0, 0.05) is 10.9 Å². The summed E-state index contributed by atoms with van der Waals surface area (Å²) in [4.78, 5) is 22.1. The summed E-state index contributed by atoms with van der Waals surface area (Å²) in [5, 5.41) is 5.62. The number of nitrogens with one attached hydrogen (secondary N) is 1. The maximum absolute atomic E-state index is 13.0. The van der Waals surface area contributed by atoms with Crippen LogP contribution in [0.25, 0.3) is 16.4 Å². The molecule has 2 aromatic heterocycles. The van der Waals surface area contributed by atoms with Crippen LogP contribution in [-0.2, 0) is 0 Å². The second-order valence-corrected chi connectivity index (χ2v) is 7.24. The van der Waals surface area contributed by atoms with E-state index in [9.17, 15) is 4.79 Å². The summed E-state index contributed by atoms with van der Waals surface area (Å²) in [5.41, 5.74) is 2.27. The summed E-state index contributed by atoms with van der Waals surface area (Å²) in [5.74, 6) is 1.78. The number of methoxy groups -OCH3 is 2. The highest BCUT2D eigenvalue weighted by atomic mass is 32.1. The Labute approximate surface area is 177 Å². The van der Waals surface area contributed by atoms with Crippen molar-refractivity contribution in [3.8, 4) is 27.9 Å². The third kappa shape index (κ3) is 3.65. The highest BCUT2D eigenvalue weighted by molar-refractivity contribution is 7.12. The number of imidazole rings is 1. The van der Waals surface area contributed by atoms with Crippen LogP contribution in [0.2, 0.25) is 0 Å². The van der Waals surface area contributed by atoms with Gasteiger partial charge in [-0.2, -0.15) is 0 Å². The number of hydrogen-bond donors (Lipinski definition) is 1. The number of nitrogens with zero attached hydrogens (tertiary/aromatic N) is 3. The van der Waals surface area contributed by atoms with Crippen LogP contribution in [0, 0.1) is 6.92 Å². The van der Waals surface area contributed by atoms with Gasteiger partial charge in [-0.05, 0) is 19.1 Å². The van der Waals surface area contributed by atoms with Crippen molar-refractivity contribution in [3.05, 3.63) is 71.5 Å². The number of carbonyl (C=O) groups excluding carboxylic acids is 1. The van der Waals surface area contributed by atoms with E-state index in [2.05, 4.69) is 10.3 Å². The molecule has 0 bridgehead atoms. The Morgan fingerprint density at radius 3 is 2.60 bits per heavy atom. The van der Waals surface area contributed by atoms with Gasteiger partial charge in [-0.15, -0.1) is 11.3 Å². The Bertz CT molecular complexity index is 1180. The number of aromatic nitrogens is 3. The number of carbonyl (C=O) groups is 1. The van der Waals surface area contributed by atoms with Crippen LogP contribution in [-0.4, -0.2) is 34.7 Å². The number of para-hydroxylation sites is 1. The van der Waals surface area contributed by atoms with E-state index in [0.717, 1.165) is 22.2 Å². The Hall–Kier alpha value is -3.65. The van der Waals surface area contributed by atoms with Gasteiger partial charge in [-0.3, -0.25) is 9.36 Å². The molecule has 152 valence electrons. The molecule has 7 nitrogen and oxygen atoms in total. The lowest BCUT2D eigenvalue weighted by Crippen LogP contribution is -2.16. The Morgan fingerprint density at radius 2 is 1.87 bits per heavy atom. The highest BCUT2D eigenvalue weighted by Gasteiger charge is 2.20. The van der Waals surface area contributed by atoms with Gasteiger partial charge < -0.3 is 14.8 Å². The number of amides is 1. The van der Waals surface area contributed by atoms with E-state index in [1.54, 1.807) is 24.4 Å². The average Bonchev–Trinajstić information content (AvgIpc) is 3.40. The third-order valence-electron chi connectivity index (χ3n) is 4.58. The normalized spacial score (nSPS) is 10.6. The first-order valence-electron chi connectivity index (χ1n) is 9.20. The molecule has 0 spiro atoms. The van der Waals surface area contributed by atoms with Gasteiger partial charge in [-0.25, -0.2) is 9.97 Å². The van der Waals surface area contributed by atoms with E-state index in [-0.39, 0.29) is 5.91 Å². The van der Waals surface area contributed by atoms with E-state index in [0.29, 0.717) is 22.9 Å². The van der Waals surface area contributed by atoms with Crippen molar-refractivity contribution >= 4 is 23.1 Å². The number of hydrogen-bond acceptors (Lipinski definition) is 6. The van der Waals surface area contributed by atoms with E-state index in [1.165, 1.54) is 25.6 Å². The molecule has 0 aliphatic rings. The number of anilines is 1. The molecule has 0 saturated heterocycles. The molecule has 0 radical (unpaired) electrons. The van der Waals surface area contributed by atoms with Crippen molar-refractivity contribution in [1.82, 2.24) is 14.5 Å². The second-order valence-electron chi connectivity index (χ2n) is 6.40. The first kappa shape index (κ1) is 19.7. The Balaban J connectivity index is 1.66. The fourth-order valence-corrected chi connectivity index (χ4v) is 4.02. The minimum absolute atomic E-state index is 0.327. The summed E-state index contributed by atoms with van der Waals surface area (Å²) >= 11 is 1.48. The van der Waals surface area contributed by atoms with Crippen molar-refractivity contribution in [2.45, 2.75) is 6.92 Å². The fourth-order valence-electron chi connectivity index (χ4n) is 3.13. The van der Waals surface area contributed by atoms with Crippen LogP contribution in [0.5, 0.6) is 11.5 Å². The zero-order valence-electron chi connectivity index (χ0n) is 16.7. The zero-order valence-corrected chi connectivity index (χ0v) is 17.6. The van der Waals surface area contributed by atoms with E-state index in [1.807, 2.05) is 47.2 Å². The van der Waals surface area contributed by atoms with Crippen LogP contribution in [0.3, 0.4) is 0 Å². The molecule has 30 heavy (non-hydrogen) atoms. The summed E-state index contributed by atoms with van der Waals surface area (Å²) < 4.78 is 12.5. The van der Waals surface area contributed by atoms with Crippen LogP contribution in [0.1, 0.15) is 16.2 Å². The minimum atomic E-state index is -0.327. The summed E-state index contributed by atoms with van der Waals surface area (Å²) in [6.07, 6.45) is 1.61. The molecule has 0 aliphatic carbocycles. The lowest BCUT2D eigenvalue weighted by molar-refractivity contribution is 0.102. The summed E-state index contributed by atoms with van der Waals surface area (Å²) in [6.45, 7) is 1.87. The van der Waals surface area contributed by atoms with Gasteiger partial charge in [0.25, 0.3) is 5.91 Å². The number of aryl methyl sites for hydroxylation is 1. The topological polar surface area (TPSA) is 78.3 Å². The van der Waals surface area contributed by atoms with Crippen molar-refractivity contribution in [1.29, 1.82) is 0 Å². The lowest BCUT2D eigenvalue weighted by Gasteiger charge is -2.13. The van der Waals surface area contributed by atoms with Gasteiger partial charge in [-0.1, -0.05) is 36.4 Å². The highest BCUT2D eigenvalue weighted by Crippen LogP contribution is 2.32. The molecule has 0 unspecified atom stereocenters. The predicted molar refractivity (Wildman–Crippen MR) is 117 cm³/mol. The standard InChI is InChI=1S/C22H20N4O3S/c1-14-23-12-19(25-21(27)16-10-7-11-18(28-2)20(16)29-3)26(14)22-24-17(13-30-22)15-8-5-4-6-9-15/h4-13H,1-3H3,(H,25,27). The average molecular weight is 420 g/mol. The van der Waals surface area contributed by atoms with Crippen molar-refractivity contribution in [2.75, 3.05) is 19.5 Å². The number of rotatable bonds is 6. The molecule has 4 rings (SSSR count). The molecule has 0 atom stereocenters. The van der Waals surface area contributed by atoms with Crippen molar-refractivity contribution in [2.24, 2.45) is 0 Å². The Kier molecular flexibility index (Phi) is 5.49. The maximum atomic E-state index is 13.0. The molecule has 1 amide bonds. The number of ether oxygens (including phenoxy) is 2. The van der Waals surface area contributed by atoms with E-state index < -0.39 is 0 Å². The SMILES string of the molecule is COc1cccc(C(=O)Nc2cnc(C)n2-c2nc(-c3ccccc3)cs2)c1OC. The van der Waals surface area contributed by atoms with Crippen LogP contribution < -0.4 is 14.8 Å². The molecule has 4 aromatic rings. The molecule has 2 heterocycles. The zero-order chi connectivity index (χ0) is 21.1. The quantitative estimate of drug-likeness (QED) is 0.494. The van der Waals surface area contributed by atoms with Crippen LogP contribution in [0.15, 0.2) is 60.1 Å². The van der Waals surface area contributed by atoms with Gasteiger partial charge >= 0.3 is 0 Å². The van der Waals surface area contributed by atoms with Crippen molar-refractivity contribution < 1.29 is 14.3 Å². The van der Waals surface area contributed by atoms with Gasteiger partial charge in [0.1, 0.15) is 11.6 Å². The lowest BCUT2D eigenvalue weighted by atomic mass is 10.1. The van der Waals surface area contributed by atoms with Gasteiger partial charge in [0.15, 0.2) is 16.6 Å². The Morgan fingerprint density at radius 1 is 1.07 bits per heavy atom. The maximum Gasteiger partial charge on any atom is 0.260 e. The minimum Gasteiger partial charge on any atom is -0.493 e. The molecular formula is C22H20N4O3S. The van der Waals surface area contributed by atoms with Gasteiger partial charge in [0.2, 0.25) is 0 Å². The molecule has 0 fully saturated rings. The van der Waals surface area contributed by atoms with Gasteiger partial charge in [0.05, 0.1) is 31.7 Å². The molecular weight excluding hydrogens is 400 g/mol. The predicted octanol–water partition coefficient (Wildman–Crippen LogP) is 4.57. The van der Waals surface area contributed by atoms with E-state index >= 15 is 0 Å². The third-order valence-corrected chi connectivity index (χ3v) is 5.41. The first-order valence-corrected chi connectivity index (χ1v) is 10.1. The summed E-state index contributed by atoms with van der Waals surface area (Å²) in [6, 6.07) is 15.1. The molecule has 2 aromatic carbocycles. The monoisotopic (exact) mass is 420 g/mol. The largest absolute Gasteiger partial charge is 0.493 e. The van der Waals surface area contributed by atoms with Crippen molar-refractivity contribution in [3.63, 3.8) is 0 Å². The first-order chi connectivity index (χ1) is 14.6. The second kappa shape index (κ2) is 8.38. The number of benzene rings is 2. The smallest absolute Gasteiger partial charge is 0.260 e. The summed E-state index contributed by atoms with van der Waals surface area (Å²) in [7, 11) is 3.04. The molecule has 8 heteroatoms. The van der Waals surface area contributed by atoms with E-state index in [4.69, 9.17) is 14.5 Å². The fraction of sp³-hybridized carbons (Fsp3) is 0.136. The molecule has 1 N–H and O–H groups in total. The number of thiazole rings is 1. The molecule has 0 aliphatic heterocycles. The van der Waals surface area contributed by atoms with Crippen LogP contribution in [0.4, 0.5) is 5.82 Å². The van der Waals surface area contributed by atoms with Crippen LogP contribution >= 0.6 is 11.3 Å². The molecule has 0 saturated carbocycles.